The molecule has 0 radical (unpaired) electrons. The Kier molecular flexibility index (Phi) is 4.27. The van der Waals surface area contributed by atoms with Crippen LogP contribution < -0.4 is 0 Å². The molecule has 0 N–H and O–H groups in total. The highest BCUT2D eigenvalue weighted by Crippen LogP contribution is 2.37. The SMILES string of the molecule is CCn1c2ccccc2c2cc(C(OC)(OC)c3ccccc3)ccc21. The number of ether oxygens (including phenoxy) is 2. The summed E-state index contributed by atoms with van der Waals surface area (Å²) in [5.74, 6) is -0.926. The zero-order valence-electron chi connectivity index (χ0n) is 15.4. The lowest BCUT2D eigenvalue weighted by molar-refractivity contribution is -0.183. The average molecular weight is 345 g/mol. The number of aromatic nitrogens is 1. The van der Waals surface area contributed by atoms with Gasteiger partial charge in [-0.15, -0.1) is 0 Å². The van der Waals surface area contributed by atoms with Gasteiger partial charge in [-0.3, -0.25) is 0 Å². The van der Waals surface area contributed by atoms with E-state index in [1.165, 1.54) is 21.8 Å². The summed E-state index contributed by atoms with van der Waals surface area (Å²) in [5, 5.41) is 2.47. The highest BCUT2D eigenvalue weighted by atomic mass is 16.7. The first-order valence-corrected chi connectivity index (χ1v) is 8.92. The molecule has 4 rings (SSSR count). The monoisotopic (exact) mass is 345 g/mol. The van der Waals surface area contributed by atoms with Crippen molar-refractivity contribution in [2.24, 2.45) is 0 Å². The van der Waals surface area contributed by atoms with Crippen molar-refractivity contribution in [1.29, 1.82) is 0 Å². The van der Waals surface area contributed by atoms with Crippen LogP contribution in [0.1, 0.15) is 18.1 Å². The largest absolute Gasteiger partial charge is 0.346 e. The number of benzene rings is 3. The van der Waals surface area contributed by atoms with E-state index in [0.29, 0.717) is 0 Å². The molecule has 0 fully saturated rings. The van der Waals surface area contributed by atoms with E-state index in [9.17, 15) is 0 Å². The number of aryl methyl sites for hydroxylation is 1. The van der Waals surface area contributed by atoms with Crippen molar-refractivity contribution in [2.75, 3.05) is 14.2 Å². The molecule has 0 bridgehead atoms. The zero-order valence-corrected chi connectivity index (χ0v) is 15.4. The molecule has 132 valence electrons. The van der Waals surface area contributed by atoms with Crippen LogP contribution in [0, 0.1) is 0 Å². The van der Waals surface area contributed by atoms with Crippen LogP contribution in [-0.4, -0.2) is 18.8 Å². The average Bonchev–Trinajstić information content (AvgIpc) is 3.03. The minimum Gasteiger partial charge on any atom is -0.346 e. The van der Waals surface area contributed by atoms with Crippen molar-refractivity contribution < 1.29 is 9.47 Å². The molecule has 0 amide bonds. The third-order valence-corrected chi connectivity index (χ3v) is 5.20. The Morgan fingerprint density at radius 3 is 2.08 bits per heavy atom. The third-order valence-electron chi connectivity index (χ3n) is 5.20. The first kappa shape index (κ1) is 16.8. The van der Waals surface area contributed by atoms with Gasteiger partial charge >= 0.3 is 0 Å². The van der Waals surface area contributed by atoms with Crippen LogP contribution in [0.3, 0.4) is 0 Å². The first-order valence-electron chi connectivity index (χ1n) is 8.92. The second kappa shape index (κ2) is 6.60. The fourth-order valence-corrected chi connectivity index (χ4v) is 3.98. The van der Waals surface area contributed by atoms with Gasteiger partial charge in [-0.25, -0.2) is 0 Å². The molecule has 3 nitrogen and oxygen atoms in total. The number of hydrogen-bond acceptors (Lipinski definition) is 2. The Hall–Kier alpha value is -2.62. The van der Waals surface area contributed by atoms with E-state index in [-0.39, 0.29) is 0 Å². The number of hydrogen-bond donors (Lipinski definition) is 0. The first-order chi connectivity index (χ1) is 12.7. The normalized spacial score (nSPS) is 12.1. The van der Waals surface area contributed by atoms with Crippen molar-refractivity contribution in [3.8, 4) is 0 Å². The summed E-state index contributed by atoms with van der Waals surface area (Å²) in [7, 11) is 3.38. The summed E-state index contributed by atoms with van der Waals surface area (Å²) in [6, 6.07) is 25.1. The Morgan fingerprint density at radius 1 is 0.731 bits per heavy atom. The Labute approximate surface area is 153 Å². The summed E-state index contributed by atoms with van der Waals surface area (Å²) in [6.45, 7) is 3.11. The van der Waals surface area contributed by atoms with Gasteiger partial charge in [0.2, 0.25) is 5.79 Å². The molecule has 0 aliphatic rings. The van der Waals surface area contributed by atoms with E-state index < -0.39 is 5.79 Å². The molecule has 0 aliphatic heterocycles. The summed E-state index contributed by atoms with van der Waals surface area (Å²) in [6.07, 6.45) is 0. The molecule has 0 spiro atoms. The van der Waals surface area contributed by atoms with Gasteiger partial charge in [0.15, 0.2) is 0 Å². The van der Waals surface area contributed by atoms with Crippen LogP contribution in [0.15, 0.2) is 72.8 Å². The molecule has 1 heterocycles. The highest BCUT2D eigenvalue weighted by molar-refractivity contribution is 6.08. The molecule has 0 aliphatic carbocycles. The zero-order chi connectivity index (χ0) is 18.1. The van der Waals surface area contributed by atoms with E-state index in [4.69, 9.17) is 9.47 Å². The smallest absolute Gasteiger partial charge is 0.221 e. The fourth-order valence-electron chi connectivity index (χ4n) is 3.98. The van der Waals surface area contributed by atoms with Crippen molar-refractivity contribution in [2.45, 2.75) is 19.3 Å². The fraction of sp³-hybridized carbons (Fsp3) is 0.217. The Morgan fingerprint density at radius 2 is 1.38 bits per heavy atom. The van der Waals surface area contributed by atoms with Gasteiger partial charge in [-0.2, -0.15) is 0 Å². The lowest BCUT2D eigenvalue weighted by atomic mass is 9.95. The van der Waals surface area contributed by atoms with Gasteiger partial charge < -0.3 is 14.0 Å². The molecule has 26 heavy (non-hydrogen) atoms. The third kappa shape index (κ3) is 2.36. The predicted octanol–water partition coefficient (Wildman–Crippen LogP) is 5.31. The number of methoxy groups -OCH3 is 2. The summed E-state index contributed by atoms with van der Waals surface area (Å²) in [4.78, 5) is 0. The minimum atomic E-state index is -0.926. The van der Waals surface area contributed by atoms with Crippen LogP contribution >= 0.6 is 0 Å². The predicted molar refractivity (Wildman–Crippen MR) is 106 cm³/mol. The lowest BCUT2D eigenvalue weighted by Gasteiger charge is -2.32. The molecule has 0 atom stereocenters. The van der Waals surface area contributed by atoms with E-state index in [1.807, 2.05) is 30.3 Å². The van der Waals surface area contributed by atoms with Crippen LogP contribution in [0.5, 0.6) is 0 Å². The second-order valence-electron chi connectivity index (χ2n) is 6.38. The Bertz CT molecular complexity index is 1050. The lowest BCUT2D eigenvalue weighted by Crippen LogP contribution is -2.32. The van der Waals surface area contributed by atoms with Gasteiger partial charge in [-0.1, -0.05) is 54.6 Å². The standard InChI is InChI=1S/C23H23NO2/c1-4-24-21-13-9-8-12-19(21)20-16-18(14-15-22(20)24)23(25-2,26-3)17-10-6-5-7-11-17/h5-16H,4H2,1-3H3. The maximum Gasteiger partial charge on any atom is 0.221 e. The molecule has 0 saturated heterocycles. The Balaban J connectivity index is 2.01. The van der Waals surface area contributed by atoms with E-state index in [1.54, 1.807) is 14.2 Å². The molecule has 1 aromatic heterocycles. The summed E-state index contributed by atoms with van der Waals surface area (Å²) < 4.78 is 14.2. The quantitative estimate of drug-likeness (QED) is 0.458. The number of nitrogens with zero attached hydrogens (tertiary/aromatic N) is 1. The van der Waals surface area contributed by atoms with Crippen LogP contribution in [0.4, 0.5) is 0 Å². The molecular formula is C23H23NO2. The van der Waals surface area contributed by atoms with E-state index in [0.717, 1.165) is 17.7 Å². The molecule has 0 unspecified atom stereocenters. The summed E-state index contributed by atoms with van der Waals surface area (Å²) >= 11 is 0. The maximum atomic E-state index is 5.92. The van der Waals surface area contributed by atoms with Gasteiger partial charge in [0, 0.05) is 53.7 Å². The molecule has 3 heteroatoms. The second-order valence-corrected chi connectivity index (χ2v) is 6.38. The van der Waals surface area contributed by atoms with Crippen molar-refractivity contribution in [1.82, 2.24) is 4.57 Å². The van der Waals surface area contributed by atoms with Crippen LogP contribution in [0.2, 0.25) is 0 Å². The molecule has 4 aromatic rings. The van der Waals surface area contributed by atoms with Crippen LogP contribution in [-0.2, 0) is 21.8 Å². The molecule has 0 saturated carbocycles. The van der Waals surface area contributed by atoms with Gasteiger partial charge in [0.05, 0.1) is 0 Å². The van der Waals surface area contributed by atoms with Crippen molar-refractivity contribution in [3.05, 3.63) is 83.9 Å². The van der Waals surface area contributed by atoms with E-state index >= 15 is 0 Å². The topological polar surface area (TPSA) is 23.4 Å². The molecule has 3 aromatic carbocycles. The van der Waals surface area contributed by atoms with Gasteiger partial charge in [0.25, 0.3) is 0 Å². The minimum absolute atomic E-state index is 0.926. The summed E-state index contributed by atoms with van der Waals surface area (Å²) in [5.41, 5.74) is 4.44. The maximum absolute atomic E-state index is 5.92. The highest BCUT2D eigenvalue weighted by Gasteiger charge is 2.34. The van der Waals surface area contributed by atoms with Gasteiger partial charge in [0.1, 0.15) is 0 Å². The number of rotatable bonds is 5. The van der Waals surface area contributed by atoms with Crippen molar-refractivity contribution >= 4 is 21.8 Å². The van der Waals surface area contributed by atoms with Gasteiger partial charge in [-0.05, 0) is 25.1 Å². The number of para-hydroxylation sites is 1. The number of fused-ring (bicyclic) bond motifs is 3. The molecular weight excluding hydrogens is 322 g/mol. The van der Waals surface area contributed by atoms with E-state index in [2.05, 4.69) is 54.0 Å². The van der Waals surface area contributed by atoms with Crippen LogP contribution in [0.25, 0.3) is 21.8 Å². The van der Waals surface area contributed by atoms with Crippen molar-refractivity contribution in [3.63, 3.8) is 0 Å².